The molecule has 0 aliphatic carbocycles. The number of nitrogens with two attached hydrogens (primary N) is 1. The highest BCUT2D eigenvalue weighted by molar-refractivity contribution is 5.98. The number of benzene rings is 1. The molecule has 0 fully saturated rings. The summed E-state index contributed by atoms with van der Waals surface area (Å²) in [4.78, 5) is 4.31. The van der Waals surface area contributed by atoms with E-state index in [-0.39, 0.29) is 6.61 Å². The minimum atomic E-state index is 0.232. The van der Waals surface area contributed by atoms with Crippen LogP contribution in [-0.4, -0.2) is 22.7 Å². The van der Waals surface area contributed by atoms with E-state index in [9.17, 15) is 0 Å². The van der Waals surface area contributed by atoms with Gasteiger partial charge >= 0.3 is 0 Å². The fourth-order valence-corrected chi connectivity index (χ4v) is 2.06. The maximum atomic E-state index is 8.84. The number of rotatable bonds is 5. The summed E-state index contributed by atoms with van der Waals surface area (Å²) in [7, 11) is 0. The second kappa shape index (κ2) is 5.69. The standard InChI is InChI=1S/C14H19N3O/c1-10(4-3-9-18)17-13-7-6-12(15)14-11(13)5-2-8-16-14/h2,5-8,10,17-18H,3-4,9,15H2,1H3. The molecule has 18 heavy (non-hydrogen) atoms. The summed E-state index contributed by atoms with van der Waals surface area (Å²) in [6.45, 7) is 2.34. The fraction of sp³-hybridized carbons (Fsp3) is 0.357. The molecule has 0 saturated carbocycles. The van der Waals surface area contributed by atoms with E-state index in [1.807, 2.05) is 24.3 Å². The molecular formula is C14H19N3O. The van der Waals surface area contributed by atoms with E-state index in [2.05, 4.69) is 17.2 Å². The predicted octanol–water partition coefficient (Wildman–Crippen LogP) is 2.39. The van der Waals surface area contributed by atoms with Crippen molar-refractivity contribution in [1.82, 2.24) is 4.98 Å². The summed E-state index contributed by atoms with van der Waals surface area (Å²) in [5, 5.41) is 13.3. The first-order valence-electron chi connectivity index (χ1n) is 6.23. The first-order chi connectivity index (χ1) is 8.72. The van der Waals surface area contributed by atoms with Gasteiger partial charge in [-0.3, -0.25) is 4.98 Å². The van der Waals surface area contributed by atoms with Crippen LogP contribution in [0.25, 0.3) is 10.9 Å². The van der Waals surface area contributed by atoms with Crippen molar-refractivity contribution in [2.75, 3.05) is 17.7 Å². The van der Waals surface area contributed by atoms with Crippen LogP contribution in [0.2, 0.25) is 0 Å². The van der Waals surface area contributed by atoms with Gasteiger partial charge in [-0.05, 0) is 44.0 Å². The Morgan fingerprint density at radius 2 is 2.22 bits per heavy atom. The Balaban J connectivity index is 2.26. The fourth-order valence-electron chi connectivity index (χ4n) is 2.06. The average Bonchev–Trinajstić information content (AvgIpc) is 2.40. The second-order valence-electron chi connectivity index (χ2n) is 4.51. The van der Waals surface area contributed by atoms with Crippen molar-refractivity contribution in [3.8, 4) is 0 Å². The van der Waals surface area contributed by atoms with Crippen molar-refractivity contribution in [2.45, 2.75) is 25.8 Å². The zero-order valence-electron chi connectivity index (χ0n) is 10.6. The number of aliphatic hydroxyl groups is 1. The Labute approximate surface area is 107 Å². The molecule has 1 aromatic heterocycles. The van der Waals surface area contributed by atoms with Gasteiger partial charge in [-0.25, -0.2) is 0 Å². The van der Waals surface area contributed by atoms with Gasteiger partial charge in [-0.1, -0.05) is 0 Å². The molecule has 1 heterocycles. The highest BCUT2D eigenvalue weighted by atomic mass is 16.2. The molecule has 96 valence electrons. The van der Waals surface area contributed by atoms with Crippen LogP contribution >= 0.6 is 0 Å². The second-order valence-corrected chi connectivity index (χ2v) is 4.51. The van der Waals surface area contributed by atoms with Crippen LogP contribution in [0, 0.1) is 0 Å². The van der Waals surface area contributed by atoms with Gasteiger partial charge in [-0.2, -0.15) is 0 Å². The van der Waals surface area contributed by atoms with Gasteiger partial charge in [0, 0.05) is 29.9 Å². The number of aromatic nitrogens is 1. The minimum absolute atomic E-state index is 0.232. The third kappa shape index (κ3) is 2.71. The maximum Gasteiger partial charge on any atom is 0.0951 e. The average molecular weight is 245 g/mol. The molecule has 0 saturated heterocycles. The maximum absolute atomic E-state index is 8.84. The molecular weight excluding hydrogens is 226 g/mol. The molecule has 0 radical (unpaired) electrons. The van der Waals surface area contributed by atoms with E-state index in [1.165, 1.54) is 0 Å². The number of aliphatic hydroxyl groups excluding tert-OH is 1. The molecule has 0 aliphatic rings. The van der Waals surface area contributed by atoms with Crippen molar-refractivity contribution < 1.29 is 5.11 Å². The molecule has 1 unspecified atom stereocenters. The summed E-state index contributed by atoms with van der Waals surface area (Å²) in [6.07, 6.45) is 3.49. The number of nitrogens with one attached hydrogen (secondary N) is 1. The van der Waals surface area contributed by atoms with Crippen molar-refractivity contribution in [1.29, 1.82) is 0 Å². The van der Waals surface area contributed by atoms with Crippen LogP contribution < -0.4 is 11.1 Å². The van der Waals surface area contributed by atoms with Crippen LogP contribution in [0.5, 0.6) is 0 Å². The van der Waals surface area contributed by atoms with Crippen LogP contribution in [0.3, 0.4) is 0 Å². The summed E-state index contributed by atoms with van der Waals surface area (Å²) in [6, 6.07) is 8.08. The molecule has 1 aromatic carbocycles. The molecule has 0 bridgehead atoms. The molecule has 4 N–H and O–H groups in total. The summed E-state index contributed by atoms with van der Waals surface area (Å²) >= 11 is 0. The zero-order chi connectivity index (χ0) is 13.0. The number of hydrogen-bond donors (Lipinski definition) is 3. The van der Waals surface area contributed by atoms with Crippen molar-refractivity contribution >= 4 is 22.3 Å². The van der Waals surface area contributed by atoms with Gasteiger partial charge < -0.3 is 16.2 Å². The Morgan fingerprint density at radius 1 is 1.39 bits per heavy atom. The lowest BCUT2D eigenvalue weighted by atomic mass is 10.1. The quantitative estimate of drug-likeness (QED) is 0.707. The van der Waals surface area contributed by atoms with Gasteiger partial charge in [0.1, 0.15) is 0 Å². The minimum Gasteiger partial charge on any atom is -0.397 e. The van der Waals surface area contributed by atoms with E-state index >= 15 is 0 Å². The highest BCUT2D eigenvalue weighted by Crippen LogP contribution is 2.27. The Bertz CT molecular complexity index is 527. The smallest absolute Gasteiger partial charge is 0.0951 e. The van der Waals surface area contributed by atoms with Crippen LogP contribution in [0.15, 0.2) is 30.5 Å². The number of nitrogen functional groups attached to an aromatic ring is 1. The topological polar surface area (TPSA) is 71.2 Å². The number of hydrogen-bond acceptors (Lipinski definition) is 4. The summed E-state index contributed by atoms with van der Waals surface area (Å²) in [5.41, 5.74) is 8.48. The lowest BCUT2D eigenvalue weighted by Crippen LogP contribution is -2.15. The molecule has 0 spiro atoms. The van der Waals surface area contributed by atoms with Gasteiger partial charge in [0.05, 0.1) is 11.2 Å². The first kappa shape index (κ1) is 12.6. The van der Waals surface area contributed by atoms with Crippen molar-refractivity contribution in [3.05, 3.63) is 30.5 Å². The van der Waals surface area contributed by atoms with Gasteiger partial charge in [0.25, 0.3) is 0 Å². The van der Waals surface area contributed by atoms with Gasteiger partial charge in [0.15, 0.2) is 0 Å². The summed E-state index contributed by atoms with van der Waals surface area (Å²) < 4.78 is 0. The number of fused-ring (bicyclic) bond motifs is 1. The monoisotopic (exact) mass is 245 g/mol. The third-order valence-electron chi connectivity index (χ3n) is 3.00. The largest absolute Gasteiger partial charge is 0.397 e. The van der Waals surface area contributed by atoms with Crippen molar-refractivity contribution in [3.63, 3.8) is 0 Å². The molecule has 0 aliphatic heterocycles. The Kier molecular flexibility index (Phi) is 3.99. The normalized spacial score (nSPS) is 12.6. The lowest BCUT2D eigenvalue weighted by molar-refractivity contribution is 0.282. The Morgan fingerprint density at radius 3 is 3.00 bits per heavy atom. The van der Waals surface area contributed by atoms with E-state index in [0.29, 0.717) is 11.7 Å². The predicted molar refractivity (Wildman–Crippen MR) is 75.6 cm³/mol. The molecule has 2 rings (SSSR count). The van der Waals surface area contributed by atoms with Crippen LogP contribution in [-0.2, 0) is 0 Å². The van der Waals surface area contributed by atoms with E-state index < -0.39 is 0 Å². The molecule has 2 aromatic rings. The number of pyridine rings is 1. The van der Waals surface area contributed by atoms with E-state index in [4.69, 9.17) is 10.8 Å². The van der Waals surface area contributed by atoms with E-state index in [0.717, 1.165) is 29.4 Å². The third-order valence-corrected chi connectivity index (χ3v) is 3.00. The van der Waals surface area contributed by atoms with Crippen LogP contribution in [0.1, 0.15) is 19.8 Å². The molecule has 1 atom stereocenters. The molecule has 4 nitrogen and oxygen atoms in total. The zero-order valence-corrected chi connectivity index (χ0v) is 10.6. The SMILES string of the molecule is CC(CCCO)Nc1ccc(N)c2ncccc12. The number of anilines is 2. The molecule has 4 heteroatoms. The highest BCUT2D eigenvalue weighted by Gasteiger charge is 2.07. The summed E-state index contributed by atoms with van der Waals surface area (Å²) in [5.74, 6) is 0. The first-order valence-corrected chi connectivity index (χ1v) is 6.23. The van der Waals surface area contributed by atoms with Crippen molar-refractivity contribution in [2.24, 2.45) is 0 Å². The molecule has 0 amide bonds. The number of nitrogens with zero attached hydrogens (tertiary/aromatic N) is 1. The van der Waals surface area contributed by atoms with E-state index in [1.54, 1.807) is 6.20 Å². The Hall–Kier alpha value is -1.81. The van der Waals surface area contributed by atoms with Gasteiger partial charge in [0.2, 0.25) is 0 Å². The van der Waals surface area contributed by atoms with Gasteiger partial charge in [-0.15, -0.1) is 0 Å². The van der Waals surface area contributed by atoms with Crippen LogP contribution in [0.4, 0.5) is 11.4 Å². The lowest BCUT2D eigenvalue weighted by Gasteiger charge is -2.16.